The zero-order valence-electron chi connectivity index (χ0n) is 27.8. The maximum atomic E-state index is 11.2. The Bertz CT molecular complexity index is 1980. The van der Waals surface area contributed by atoms with E-state index in [9.17, 15) is 8.42 Å². The first-order valence-corrected chi connectivity index (χ1v) is 17.8. The van der Waals surface area contributed by atoms with Gasteiger partial charge < -0.3 is 0 Å². The van der Waals surface area contributed by atoms with Crippen LogP contribution in [-0.2, 0) is 9.84 Å². The van der Waals surface area contributed by atoms with Gasteiger partial charge in [0.1, 0.15) is 16.0 Å². The molecule has 0 aliphatic carbocycles. The Morgan fingerprint density at radius 2 is 1.33 bits per heavy atom. The maximum Gasteiger partial charge on any atom is 0.248 e. The molecule has 14 heteroatoms. The number of halogens is 2. The second-order valence-electron chi connectivity index (χ2n) is 11.4. The van der Waals surface area contributed by atoms with Crippen molar-refractivity contribution in [3.05, 3.63) is 112 Å². The predicted molar refractivity (Wildman–Crippen MR) is 190 cm³/mol. The first kappa shape index (κ1) is 36.4. The number of aromatic nitrogens is 8. The van der Waals surface area contributed by atoms with Crippen LogP contribution in [0.4, 0.5) is 0 Å². The molecule has 0 N–H and O–H groups in total. The summed E-state index contributed by atoms with van der Waals surface area (Å²) in [7, 11) is -3.40. The quantitative estimate of drug-likeness (QED) is 0.129. The molecule has 0 saturated carbocycles. The number of hydrogen-bond acceptors (Lipinski definition) is 10. The molecule has 48 heavy (non-hydrogen) atoms. The number of hydrogen-bond donors (Lipinski definition) is 0. The second-order valence-corrected chi connectivity index (χ2v) is 14.0. The summed E-state index contributed by atoms with van der Waals surface area (Å²) in [5, 5.41) is 0.491. The molecule has 1 aliphatic heterocycles. The highest BCUT2D eigenvalue weighted by Gasteiger charge is 2.19. The molecule has 0 amide bonds. The van der Waals surface area contributed by atoms with Crippen LogP contribution >= 0.6 is 23.2 Å². The van der Waals surface area contributed by atoms with E-state index in [1.54, 1.807) is 30.1 Å². The van der Waals surface area contributed by atoms with Crippen molar-refractivity contribution >= 4 is 38.8 Å². The predicted octanol–water partition coefficient (Wildman–Crippen LogP) is 7.56. The topological polar surface area (TPSA) is 142 Å². The average molecular weight is 707 g/mol. The smallest absolute Gasteiger partial charge is 0.248 e. The van der Waals surface area contributed by atoms with Crippen molar-refractivity contribution in [2.45, 2.75) is 65.0 Å². The van der Waals surface area contributed by atoms with Crippen LogP contribution in [0.15, 0.2) is 83.6 Å². The lowest BCUT2D eigenvalue weighted by molar-refractivity contribution is 0.591. The Kier molecular flexibility index (Phi) is 12.3. The van der Waals surface area contributed by atoms with Crippen LogP contribution in [-0.4, -0.2) is 59.8 Å². The highest BCUT2D eigenvalue weighted by Crippen LogP contribution is 2.27. The molecular weight excluding hydrogens is 669 g/mol. The lowest BCUT2D eigenvalue weighted by Gasteiger charge is -2.13. The maximum absolute atomic E-state index is 11.2. The van der Waals surface area contributed by atoms with E-state index in [1.807, 2.05) is 75.6 Å². The van der Waals surface area contributed by atoms with Crippen LogP contribution in [0, 0.1) is 13.8 Å². The van der Waals surface area contributed by atoms with Crippen LogP contribution in [0.1, 0.15) is 74.2 Å². The normalized spacial score (nSPS) is 12.4. The molecule has 0 fully saturated rings. The average Bonchev–Trinajstić information content (AvgIpc) is 3.75. The van der Waals surface area contributed by atoms with Crippen molar-refractivity contribution in [1.29, 1.82) is 0 Å². The minimum Gasteiger partial charge on any atom is -0.266 e. The van der Waals surface area contributed by atoms with Gasteiger partial charge in [0.05, 0.1) is 11.4 Å². The number of sulfone groups is 1. The van der Waals surface area contributed by atoms with Crippen molar-refractivity contribution in [1.82, 2.24) is 39.5 Å². The number of aryl methyl sites for hydroxylation is 2. The Hall–Kier alpha value is -4.39. The first-order chi connectivity index (χ1) is 22.8. The zero-order chi connectivity index (χ0) is 35.0. The summed E-state index contributed by atoms with van der Waals surface area (Å²) in [5.74, 6) is 1.64. The van der Waals surface area contributed by atoms with Gasteiger partial charge in [-0.15, -0.1) is 0 Å². The van der Waals surface area contributed by atoms with E-state index in [1.165, 1.54) is 0 Å². The van der Waals surface area contributed by atoms with Crippen LogP contribution in [0.2, 0.25) is 10.3 Å². The van der Waals surface area contributed by atoms with Crippen LogP contribution in [0.25, 0.3) is 17.5 Å². The number of aliphatic imine (C=N–C) groups is 1. The summed E-state index contributed by atoms with van der Waals surface area (Å²) in [6, 6.07) is 11.5. The van der Waals surface area contributed by atoms with E-state index in [4.69, 9.17) is 23.2 Å². The lowest BCUT2D eigenvalue weighted by atomic mass is 10.0. The van der Waals surface area contributed by atoms with E-state index < -0.39 is 9.84 Å². The minimum atomic E-state index is -3.40. The van der Waals surface area contributed by atoms with Crippen molar-refractivity contribution in [2.75, 3.05) is 6.26 Å². The molecule has 11 nitrogen and oxygen atoms in total. The van der Waals surface area contributed by atoms with Gasteiger partial charge >= 0.3 is 0 Å². The standard InChI is InChI=1S/C16H16ClN5.C9H13ClN2O2S.C9H8N2/c1-10(2)13-11(3)20-16(21-14(13)17)22-9-8-19-15(22)12-6-4-5-7-18-12;1-5(2)7-6(3)11-9(12-8(7)10)15(4,13)14;1-2-6-10-8(4-1)9-5-3-7-11-9/h4-10H,1-3H3;5H,1-4H3;1-4,6-7H,5H2. The molecule has 0 saturated heterocycles. The molecule has 0 bridgehead atoms. The molecular formula is C34H37Cl2N9O2S. The lowest BCUT2D eigenvalue weighted by Crippen LogP contribution is -2.09. The van der Waals surface area contributed by atoms with Gasteiger partial charge in [-0.05, 0) is 49.9 Å². The largest absolute Gasteiger partial charge is 0.266 e. The van der Waals surface area contributed by atoms with E-state index in [0.717, 1.165) is 46.6 Å². The second kappa shape index (κ2) is 16.1. The molecule has 0 atom stereocenters. The van der Waals surface area contributed by atoms with Gasteiger partial charge in [0.15, 0.2) is 5.82 Å². The summed E-state index contributed by atoms with van der Waals surface area (Å²) in [6.07, 6.45) is 12.9. The fourth-order valence-corrected chi connectivity index (χ4v) is 6.33. The van der Waals surface area contributed by atoms with E-state index >= 15 is 0 Å². The molecule has 5 aromatic rings. The summed E-state index contributed by atoms with van der Waals surface area (Å²) < 4.78 is 24.3. The van der Waals surface area contributed by atoms with Gasteiger partial charge in [-0.25, -0.2) is 33.3 Å². The van der Waals surface area contributed by atoms with Crippen molar-refractivity contribution in [2.24, 2.45) is 4.99 Å². The van der Waals surface area contributed by atoms with E-state index in [0.29, 0.717) is 22.6 Å². The monoisotopic (exact) mass is 705 g/mol. The number of imidazole rings is 1. The van der Waals surface area contributed by atoms with Crippen molar-refractivity contribution in [3.63, 3.8) is 0 Å². The third kappa shape index (κ3) is 9.15. The third-order valence-corrected chi connectivity index (χ3v) is 8.41. The summed E-state index contributed by atoms with van der Waals surface area (Å²) in [4.78, 5) is 33.8. The summed E-state index contributed by atoms with van der Waals surface area (Å²) in [5.41, 5.74) is 6.07. The van der Waals surface area contributed by atoms with Gasteiger partial charge in [0, 0.05) is 66.2 Å². The van der Waals surface area contributed by atoms with Crippen LogP contribution in [0.5, 0.6) is 0 Å². The SMILES string of the molecule is C1=CN=C(c2ccccn2)C1.Cc1nc(-n2ccnc2-c2ccccn2)nc(Cl)c1C(C)C.Cc1nc(S(C)(=O)=O)nc(Cl)c1C(C)C. The third-order valence-electron chi connectivity index (χ3n) is 6.99. The molecule has 0 spiro atoms. The van der Waals surface area contributed by atoms with Gasteiger partial charge in [-0.2, -0.15) is 0 Å². The van der Waals surface area contributed by atoms with Gasteiger partial charge in [0.25, 0.3) is 0 Å². The van der Waals surface area contributed by atoms with Crippen LogP contribution in [0.3, 0.4) is 0 Å². The molecule has 0 unspecified atom stereocenters. The van der Waals surface area contributed by atoms with E-state index in [2.05, 4.69) is 53.7 Å². The van der Waals surface area contributed by atoms with Gasteiger partial charge in [-0.1, -0.05) is 69.1 Å². The number of pyridine rings is 2. The fourth-order valence-electron chi connectivity index (χ4n) is 4.85. The Balaban J connectivity index is 0.000000174. The highest BCUT2D eigenvalue weighted by molar-refractivity contribution is 7.90. The molecule has 250 valence electrons. The van der Waals surface area contributed by atoms with Gasteiger partial charge in [0.2, 0.25) is 20.9 Å². The molecule has 6 heterocycles. The number of rotatable bonds is 6. The minimum absolute atomic E-state index is 0.172. The molecule has 0 radical (unpaired) electrons. The van der Waals surface area contributed by atoms with Gasteiger partial charge in [-0.3, -0.25) is 19.5 Å². The zero-order valence-corrected chi connectivity index (χ0v) is 30.1. The number of nitrogens with zero attached hydrogens (tertiary/aromatic N) is 9. The van der Waals surface area contributed by atoms with Crippen molar-refractivity contribution in [3.8, 4) is 17.5 Å². The fraction of sp³-hybridized carbons (Fsp3) is 0.294. The Labute approximate surface area is 291 Å². The molecule has 5 aromatic heterocycles. The Morgan fingerprint density at radius 3 is 1.81 bits per heavy atom. The summed E-state index contributed by atoms with van der Waals surface area (Å²) in [6.45, 7) is 11.7. The van der Waals surface area contributed by atoms with Crippen molar-refractivity contribution < 1.29 is 8.42 Å². The molecule has 1 aliphatic rings. The van der Waals surface area contributed by atoms with E-state index in [-0.39, 0.29) is 22.1 Å². The molecule has 6 rings (SSSR count). The number of allylic oxidation sites excluding steroid dienone is 1. The van der Waals surface area contributed by atoms with Crippen LogP contribution < -0.4 is 0 Å². The highest BCUT2D eigenvalue weighted by atomic mass is 35.5. The Morgan fingerprint density at radius 1 is 0.750 bits per heavy atom. The first-order valence-electron chi connectivity index (χ1n) is 15.1. The summed E-state index contributed by atoms with van der Waals surface area (Å²) >= 11 is 12.3. The molecule has 0 aromatic carbocycles.